The molecular formula is C13H19NOS. The van der Waals surface area contributed by atoms with Gasteiger partial charge in [-0.25, -0.2) is 0 Å². The van der Waals surface area contributed by atoms with Crippen molar-refractivity contribution < 1.29 is 4.79 Å². The van der Waals surface area contributed by atoms with Gasteiger partial charge in [0.25, 0.3) is 0 Å². The molecule has 1 saturated carbocycles. The molecule has 0 spiro atoms. The molecule has 3 heteroatoms. The van der Waals surface area contributed by atoms with Crippen LogP contribution in [0, 0.1) is 5.92 Å². The van der Waals surface area contributed by atoms with E-state index in [9.17, 15) is 4.79 Å². The molecule has 0 aromatic carbocycles. The lowest BCUT2D eigenvalue weighted by molar-refractivity contribution is -0.121. The molecule has 1 heterocycles. The van der Waals surface area contributed by atoms with Crippen molar-refractivity contribution in [2.45, 2.75) is 32.1 Å². The van der Waals surface area contributed by atoms with E-state index in [0.29, 0.717) is 11.7 Å². The Labute approximate surface area is 101 Å². The van der Waals surface area contributed by atoms with Crippen LogP contribution in [-0.4, -0.2) is 19.9 Å². The van der Waals surface area contributed by atoms with Gasteiger partial charge in [-0.2, -0.15) is 0 Å². The third-order valence-corrected chi connectivity index (χ3v) is 4.35. The molecule has 0 saturated heterocycles. The van der Waals surface area contributed by atoms with Gasteiger partial charge in [0.15, 0.2) is 0 Å². The third kappa shape index (κ3) is 2.64. The monoisotopic (exact) mass is 237 g/mol. The largest absolute Gasteiger partial charge is 0.369 e. The fourth-order valence-corrected chi connectivity index (χ4v) is 3.35. The Morgan fingerprint density at radius 1 is 1.50 bits per heavy atom. The minimum absolute atomic E-state index is 0.456. The van der Waals surface area contributed by atoms with Crippen molar-refractivity contribution in [3.8, 4) is 0 Å². The second-order valence-corrected chi connectivity index (χ2v) is 5.75. The topological polar surface area (TPSA) is 20.3 Å². The van der Waals surface area contributed by atoms with Gasteiger partial charge in [-0.05, 0) is 42.2 Å². The zero-order valence-corrected chi connectivity index (χ0v) is 10.8. The summed E-state index contributed by atoms with van der Waals surface area (Å²) in [4.78, 5) is 13.6. The highest BCUT2D eigenvalue weighted by Crippen LogP contribution is 2.32. The van der Waals surface area contributed by atoms with Gasteiger partial charge in [-0.3, -0.25) is 4.79 Å². The van der Waals surface area contributed by atoms with Crippen molar-refractivity contribution >= 4 is 22.1 Å². The fourth-order valence-electron chi connectivity index (χ4n) is 2.47. The van der Waals surface area contributed by atoms with Gasteiger partial charge >= 0.3 is 0 Å². The van der Waals surface area contributed by atoms with Crippen LogP contribution in [0.3, 0.4) is 0 Å². The van der Waals surface area contributed by atoms with E-state index in [4.69, 9.17) is 0 Å². The first-order valence-electron chi connectivity index (χ1n) is 5.92. The molecular weight excluding hydrogens is 218 g/mol. The van der Waals surface area contributed by atoms with Crippen molar-refractivity contribution in [2.24, 2.45) is 5.92 Å². The van der Waals surface area contributed by atoms with Crippen LogP contribution in [0.5, 0.6) is 0 Å². The highest BCUT2D eigenvalue weighted by molar-refractivity contribution is 7.14. The van der Waals surface area contributed by atoms with E-state index in [1.807, 2.05) is 0 Å². The maximum atomic E-state index is 11.4. The van der Waals surface area contributed by atoms with Crippen LogP contribution in [-0.2, 0) is 11.2 Å². The third-order valence-electron chi connectivity index (χ3n) is 3.22. The van der Waals surface area contributed by atoms with Crippen molar-refractivity contribution in [1.29, 1.82) is 0 Å². The Balaban J connectivity index is 2.02. The van der Waals surface area contributed by atoms with E-state index in [1.165, 1.54) is 17.0 Å². The Bertz CT molecular complexity index is 370. The van der Waals surface area contributed by atoms with Crippen molar-refractivity contribution in [2.75, 3.05) is 19.0 Å². The first-order valence-corrected chi connectivity index (χ1v) is 6.80. The van der Waals surface area contributed by atoms with Crippen LogP contribution in [0.25, 0.3) is 0 Å². The number of rotatable bonds is 3. The Morgan fingerprint density at radius 3 is 3.00 bits per heavy atom. The quantitative estimate of drug-likeness (QED) is 0.805. The van der Waals surface area contributed by atoms with Gasteiger partial charge < -0.3 is 4.90 Å². The molecule has 1 atom stereocenters. The molecule has 16 heavy (non-hydrogen) atoms. The van der Waals surface area contributed by atoms with Crippen LogP contribution >= 0.6 is 11.3 Å². The summed E-state index contributed by atoms with van der Waals surface area (Å²) in [6, 6.07) is 2.21. The average Bonchev–Trinajstić information content (AvgIpc) is 2.66. The highest BCUT2D eigenvalue weighted by atomic mass is 32.1. The Morgan fingerprint density at radius 2 is 2.31 bits per heavy atom. The number of thiophene rings is 1. The summed E-state index contributed by atoms with van der Waals surface area (Å²) >= 11 is 1.79. The summed E-state index contributed by atoms with van der Waals surface area (Å²) in [7, 11) is 4.17. The van der Waals surface area contributed by atoms with Gasteiger partial charge in [0.05, 0.1) is 5.00 Å². The SMILES string of the molecule is CN(C)c1sccc1CC1CCCC(=O)C1. The summed E-state index contributed by atoms with van der Waals surface area (Å²) < 4.78 is 0. The number of carbonyl (C=O) groups excluding carboxylic acids is 1. The lowest BCUT2D eigenvalue weighted by Crippen LogP contribution is -2.18. The van der Waals surface area contributed by atoms with E-state index in [-0.39, 0.29) is 0 Å². The fraction of sp³-hybridized carbons (Fsp3) is 0.615. The maximum absolute atomic E-state index is 11.4. The second-order valence-electron chi connectivity index (χ2n) is 4.85. The molecule has 88 valence electrons. The number of Topliss-reactive ketones (excluding diaryl/α,β-unsaturated/α-hetero) is 1. The standard InChI is InChI=1S/C13H19NOS/c1-14(2)13-11(6-7-16-13)8-10-4-3-5-12(15)9-10/h6-7,10H,3-5,8-9H2,1-2H3. The molecule has 1 aliphatic rings. The molecule has 0 radical (unpaired) electrons. The predicted molar refractivity (Wildman–Crippen MR) is 69.3 cm³/mol. The minimum atomic E-state index is 0.456. The first kappa shape index (κ1) is 11.6. The van der Waals surface area contributed by atoms with E-state index in [2.05, 4.69) is 30.4 Å². The number of hydrogen-bond donors (Lipinski definition) is 0. The average molecular weight is 237 g/mol. The molecule has 2 rings (SSSR count). The molecule has 2 nitrogen and oxygen atoms in total. The van der Waals surface area contributed by atoms with Gasteiger partial charge in [0.1, 0.15) is 5.78 Å². The van der Waals surface area contributed by atoms with Crippen molar-refractivity contribution in [3.05, 3.63) is 17.0 Å². The Kier molecular flexibility index (Phi) is 3.64. The summed E-state index contributed by atoms with van der Waals surface area (Å²) in [5.41, 5.74) is 1.41. The van der Waals surface area contributed by atoms with Crippen LogP contribution in [0.4, 0.5) is 5.00 Å². The van der Waals surface area contributed by atoms with Gasteiger partial charge in [0.2, 0.25) is 0 Å². The maximum Gasteiger partial charge on any atom is 0.133 e. The van der Waals surface area contributed by atoms with Gasteiger partial charge in [-0.15, -0.1) is 11.3 Å². The summed E-state index contributed by atoms with van der Waals surface area (Å²) in [5.74, 6) is 1.03. The lowest BCUT2D eigenvalue weighted by Gasteiger charge is -2.22. The molecule has 1 aromatic rings. The number of hydrogen-bond acceptors (Lipinski definition) is 3. The molecule has 1 aromatic heterocycles. The molecule has 0 aliphatic heterocycles. The summed E-state index contributed by atoms with van der Waals surface area (Å²) in [6.07, 6.45) is 4.98. The predicted octanol–water partition coefficient (Wildman–Crippen LogP) is 3.12. The number of ketones is 1. The minimum Gasteiger partial charge on any atom is -0.369 e. The first-order chi connectivity index (χ1) is 7.66. The summed E-state index contributed by atoms with van der Waals surface area (Å²) in [6.45, 7) is 0. The highest BCUT2D eigenvalue weighted by Gasteiger charge is 2.21. The molecule has 0 N–H and O–H groups in total. The van der Waals surface area contributed by atoms with Crippen LogP contribution in [0.15, 0.2) is 11.4 Å². The summed E-state index contributed by atoms with van der Waals surface area (Å²) in [5, 5.41) is 3.49. The lowest BCUT2D eigenvalue weighted by atomic mass is 9.84. The van der Waals surface area contributed by atoms with Crippen LogP contribution in [0.1, 0.15) is 31.2 Å². The van der Waals surface area contributed by atoms with Gasteiger partial charge in [-0.1, -0.05) is 0 Å². The molecule has 1 fully saturated rings. The number of carbonyl (C=O) groups is 1. The molecule has 0 amide bonds. The van der Waals surface area contributed by atoms with E-state index in [0.717, 1.165) is 25.7 Å². The number of nitrogens with zero attached hydrogens (tertiary/aromatic N) is 1. The molecule has 0 bridgehead atoms. The van der Waals surface area contributed by atoms with E-state index in [1.54, 1.807) is 11.3 Å². The molecule has 1 aliphatic carbocycles. The molecule has 1 unspecified atom stereocenters. The van der Waals surface area contributed by atoms with Crippen molar-refractivity contribution in [1.82, 2.24) is 0 Å². The van der Waals surface area contributed by atoms with E-state index < -0.39 is 0 Å². The van der Waals surface area contributed by atoms with Crippen molar-refractivity contribution in [3.63, 3.8) is 0 Å². The van der Waals surface area contributed by atoms with Gasteiger partial charge in [0, 0.05) is 26.9 Å². The Hall–Kier alpha value is -0.830. The second kappa shape index (κ2) is 5.00. The zero-order chi connectivity index (χ0) is 11.5. The van der Waals surface area contributed by atoms with Crippen LogP contribution in [0.2, 0.25) is 0 Å². The smallest absolute Gasteiger partial charge is 0.133 e. The zero-order valence-electron chi connectivity index (χ0n) is 10.0. The normalized spacial score (nSPS) is 21.1. The number of anilines is 1. The van der Waals surface area contributed by atoms with Crippen LogP contribution < -0.4 is 4.90 Å². The van der Waals surface area contributed by atoms with E-state index >= 15 is 0 Å².